The summed E-state index contributed by atoms with van der Waals surface area (Å²) in [5, 5.41) is 0.528. The van der Waals surface area contributed by atoms with E-state index in [9.17, 15) is 8.78 Å². The molecule has 5 heteroatoms. The fraction of sp³-hybridized carbons (Fsp3) is 0.143. The van der Waals surface area contributed by atoms with Crippen LogP contribution in [-0.4, -0.2) is 7.11 Å². The van der Waals surface area contributed by atoms with Crippen LogP contribution in [0.15, 0.2) is 36.4 Å². The van der Waals surface area contributed by atoms with E-state index in [1.54, 1.807) is 18.2 Å². The monoisotopic (exact) mass is 346 g/mol. The average Bonchev–Trinajstić information content (AvgIpc) is 2.37. The molecular weight excluding hydrogens is 338 g/mol. The molecule has 0 saturated heterocycles. The Kier molecular flexibility index (Phi) is 4.42. The van der Waals surface area contributed by atoms with E-state index < -0.39 is 16.5 Å². The van der Waals surface area contributed by atoms with Crippen molar-refractivity contribution < 1.29 is 13.5 Å². The SMILES string of the molecule is COc1cc(Cl)ccc1C(Br)c1ccc(F)cc1F. The van der Waals surface area contributed by atoms with Gasteiger partial charge in [0.1, 0.15) is 17.4 Å². The fourth-order valence-corrected chi connectivity index (χ4v) is 2.68. The highest BCUT2D eigenvalue weighted by atomic mass is 79.9. The number of hydrogen-bond acceptors (Lipinski definition) is 1. The highest BCUT2D eigenvalue weighted by molar-refractivity contribution is 9.09. The predicted octanol–water partition coefficient (Wildman–Crippen LogP) is 5.11. The van der Waals surface area contributed by atoms with Gasteiger partial charge in [-0.1, -0.05) is 39.7 Å². The molecule has 1 atom stereocenters. The van der Waals surface area contributed by atoms with Crippen LogP contribution in [0, 0.1) is 11.6 Å². The van der Waals surface area contributed by atoms with Gasteiger partial charge in [0.25, 0.3) is 0 Å². The number of alkyl halides is 1. The normalized spacial score (nSPS) is 12.3. The van der Waals surface area contributed by atoms with Crippen molar-refractivity contribution >= 4 is 27.5 Å². The Bertz CT molecular complexity index is 604. The van der Waals surface area contributed by atoms with Crippen LogP contribution in [0.1, 0.15) is 16.0 Å². The van der Waals surface area contributed by atoms with Crippen LogP contribution in [-0.2, 0) is 0 Å². The summed E-state index contributed by atoms with van der Waals surface area (Å²) < 4.78 is 31.9. The van der Waals surface area contributed by atoms with E-state index in [1.807, 2.05) is 0 Å². The van der Waals surface area contributed by atoms with Gasteiger partial charge in [-0.2, -0.15) is 0 Å². The molecule has 1 nitrogen and oxygen atoms in total. The molecule has 0 bridgehead atoms. The lowest BCUT2D eigenvalue weighted by atomic mass is 10.0. The number of halogens is 4. The van der Waals surface area contributed by atoms with Gasteiger partial charge in [0.2, 0.25) is 0 Å². The summed E-state index contributed by atoms with van der Waals surface area (Å²) in [4.78, 5) is -0.444. The van der Waals surface area contributed by atoms with Crippen molar-refractivity contribution in [2.75, 3.05) is 7.11 Å². The number of hydrogen-bond donors (Lipinski definition) is 0. The Balaban J connectivity index is 2.46. The molecule has 0 amide bonds. The van der Waals surface area contributed by atoms with E-state index >= 15 is 0 Å². The predicted molar refractivity (Wildman–Crippen MR) is 75.1 cm³/mol. The van der Waals surface area contributed by atoms with Crippen molar-refractivity contribution in [3.63, 3.8) is 0 Å². The van der Waals surface area contributed by atoms with Gasteiger partial charge >= 0.3 is 0 Å². The van der Waals surface area contributed by atoms with Gasteiger partial charge < -0.3 is 4.74 Å². The largest absolute Gasteiger partial charge is 0.496 e. The summed E-state index contributed by atoms with van der Waals surface area (Å²) in [7, 11) is 1.51. The van der Waals surface area contributed by atoms with Crippen LogP contribution in [0.2, 0.25) is 5.02 Å². The maximum Gasteiger partial charge on any atom is 0.130 e. The van der Waals surface area contributed by atoms with Crippen LogP contribution in [0.4, 0.5) is 8.78 Å². The third-order valence-corrected chi connectivity index (χ3v) is 3.93. The molecule has 0 aliphatic rings. The van der Waals surface area contributed by atoms with Crippen LogP contribution in [0.25, 0.3) is 0 Å². The number of rotatable bonds is 3. The molecule has 19 heavy (non-hydrogen) atoms. The van der Waals surface area contributed by atoms with Gasteiger partial charge in [-0.25, -0.2) is 8.78 Å². The van der Waals surface area contributed by atoms with Crippen LogP contribution < -0.4 is 4.74 Å². The second-order valence-electron chi connectivity index (χ2n) is 3.91. The highest BCUT2D eigenvalue weighted by Gasteiger charge is 2.19. The minimum atomic E-state index is -0.612. The molecule has 2 rings (SSSR count). The zero-order valence-electron chi connectivity index (χ0n) is 9.96. The van der Waals surface area contributed by atoms with Crippen molar-refractivity contribution in [2.24, 2.45) is 0 Å². The van der Waals surface area contributed by atoms with Crippen LogP contribution in [0.3, 0.4) is 0 Å². The Morgan fingerprint density at radius 3 is 2.42 bits per heavy atom. The van der Waals surface area contributed by atoms with Crippen molar-refractivity contribution in [1.29, 1.82) is 0 Å². The summed E-state index contributed by atoms with van der Waals surface area (Å²) in [6, 6.07) is 8.55. The molecule has 1 unspecified atom stereocenters. The number of methoxy groups -OCH3 is 1. The molecule has 0 radical (unpaired) electrons. The minimum absolute atomic E-state index is 0.335. The first kappa shape index (κ1) is 14.3. The first-order valence-corrected chi connectivity index (χ1v) is 6.74. The second kappa shape index (κ2) is 5.88. The molecule has 0 N–H and O–H groups in total. The Morgan fingerprint density at radius 2 is 1.79 bits per heavy atom. The Labute approximate surface area is 123 Å². The van der Waals surface area contributed by atoms with E-state index in [4.69, 9.17) is 16.3 Å². The lowest BCUT2D eigenvalue weighted by Gasteiger charge is -2.15. The molecule has 0 heterocycles. The Hall–Kier alpha value is -1.13. The molecule has 100 valence electrons. The van der Waals surface area contributed by atoms with Crippen LogP contribution >= 0.6 is 27.5 Å². The molecule has 0 spiro atoms. The summed E-state index contributed by atoms with van der Waals surface area (Å²) in [6.07, 6.45) is 0. The molecular formula is C14H10BrClF2O. The zero-order chi connectivity index (χ0) is 14.0. The van der Waals surface area contributed by atoms with Crippen molar-refractivity contribution in [3.05, 3.63) is 64.2 Å². The molecule has 2 aromatic carbocycles. The smallest absolute Gasteiger partial charge is 0.130 e. The Morgan fingerprint density at radius 1 is 1.11 bits per heavy atom. The second-order valence-corrected chi connectivity index (χ2v) is 5.27. The van der Waals surface area contributed by atoms with Gasteiger partial charge in [0, 0.05) is 22.2 Å². The molecule has 0 saturated carbocycles. The summed E-state index contributed by atoms with van der Waals surface area (Å²) in [6.45, 7) is 0. The lowest BCUT2D eigenvalue weighted by Crippen LogP contribution is -2.00. The number of ether oxygens (including phenoxy) is 1. The van der Waals surface area contributed by atoms with E-state index in [1.165, 1.54) is 19.2 Å². The van der Waals surface area contributed by atoms with E-state index in [0.29, 0.717) is 16.3 Å². The summed E-state index contributed by atoms with van der Waals surface area (Å²) >= 11 is 9.28. The third-order valence-electron chi connectivity index (χ3n) is 2.70. The first-order chi connectivity index (χ1) is 9.02. The standard InChI is InChI=1S/C14H10BrClF2O/c1-19-13-6-8(16)2-4-11(13)14(15)10-5-3-9(17)7-12(10)18/h2-7,14H,1H3. The molecule has 0 aliphatic carbocycles. The van der Waals surface area contributed by atoms with E-state index in [-0.39, 0.29) is 0 Å². The van der Waals surface area contributed by atoms with Crippen molar-refractivity contribution in [1.82, 2.24) is 0 Å². The maximum atomic E-state index is 13.8. The minimum Gasteiger partial charge on any atom is -0.496 e. The quantitative estimate of drug-likeness (QED) is 0.701. The molecule has 2 aromatic rings. The van der Waals surface area contributed by atoms with Gasteiger partial charge in [0.15, 0.2) is 0 Å². The summed E-state index contributed by atoms with van der Waals surface area (Å²) in [5.41, 5.74) is 1.06. The zero-order valence-corrected chi connectivity index (χ0v) is 12.3. The third kappa shape index (κ3) is 3.07. The van der Waals surface area contributed by atoms with Gasteiger partial charge in [-0.15, -0.1) is 0 Å². The molecule has 0 aromatic heterocycles. The van der Waals surface area contributed by atoms with Crippen LogP contribution in [0.5, 0.6) is 5.75 Å². The van der Waals surface area contributed by atoms with Crippen molar-refractivity contribution in [2.45, 2.75) is 4.83 Å². The van der Waals surface area contributed by atoms with Gasteiger partial charge in [0.05, 0.1) is 11.9 Å². The number of benzene rings is 2. The lowest BCUT2D eigenvalue weighted by molar-refractivity contribution is 0.410. The average molecular weight is 348 g/mol. The maximum absolute atomic E-state index is 13.8. The topological polar surface area (TPSA) is 9.23 Å². The highest BCUT2D eigenvalue weighted by Crippen LogP contribution is 2.38. The van der Waals surface area contributed by atoms with Crippen molar-refractivity contribution in [3.8, 4) is 5.75 Å². The molecule has 0 aliphatic heterocycles. The fourth-order valence-electron chi connectivity index (χ4n) is 1.77. The van der Waals surface area contributed by atoms with Gasteiger partial charge in [-0.3, -0.25) is 0 Å². The van der Waals surface area contributed by atoms with E-state index in [0.717, 1.165) is 11.6 Å². The van der Waals surface area contributed by atoms with E-state index in [2.05, 4.69) is 15.9 Å². The first-order valence-electron chi connectivity index (χ1n) is 5.45. The summed E-state index contributed by atoms with van der Waals surface area (Å²) in [5.74, 6) is -0.680. The molecule has 0 fully saturated rings. The van der Waals surface area contributed by atoms with Gasteiger partial charge in [-0.05, 0) is 18.2 Å².